The fraction of sp³-hybridized carbons (Fsp3) is 0.500. The second-order valence-electron chi connectivity index (χ2n) is 5.18. The van der Waals surface area contributed by atoms with Gasteiger partial charge in [0, 0.05) is 0 Å². The molecule has 0 aromatic heterocycles. The summed E-state index contributed by atoms with van der Waals surface area (Å²) in [6, 6.07) is 7.51. The molecule has 22 heavy (non-hydrogen) atoms. The summed E-state index contributed by atoms with van der Waals surface area (Å²) >= 11 is 0. The Hall–Kier alpha value is -1.55. The van der Waals surface area contributed by atoms with E-state index in [1.165, 1.54) is 0 Å². The fourth-order valence-electron chi connectivity index (χ4n) is 2.41. The van der Waals surface area contributed by atoms with E-state index in [4.69, 9.17) is 15.7 Å². The highest BCUT2D eigenvalue weighted by molar-refractivity contribution is 5.78. The van der Waals surface area contributed by atoms with Gasteiger partial charge in [-0.05, 0) is 5.56 Å². The lowest BCUT2D eigenvalue weighted by molar-refractivity contribution is -0.271. The number of ether oxygens (including phenoxy) is 1. The molecule has 1 fully saturated rings. The molecule has 1 aromatic carbocycles. The van der Waals surface area contributed by atoms with Gasteiger partial charge in [-0.25, -0.2) is 5.84 Å². The van der Waals surface area contributed by atoms with Crippen LogP contribution < -0.4 is 5.84 Å². The summed E-state index contributed by atoms with van der Waals surface area (Å²) in [5.74, 6) is 5.13. The standard InChI is InChI=1S/C14H20N2O6/c15-16(10(18)6-8-4-2-1-3-5-8)11-13(20)12(19)9(7-17)22-14(11)21/h1-5,9,11-14,17,19-21H,6-7,15H2/t9?,11?,12-,13-,14+/m1/s1. The SMILES string of the molecule is NN(C(=O)Cc1ccccc1)C1[C@@H](O)[C@H](O)C(CO)O[C@@H]1O. The molecule has 8 heteroatoms. The molecular weight excluding hydrogens is 292 g/mol. The van der Waals surface area contributed by atoms with E-state index in [-0.39, 0.29) is 6.42 Å². The second-order valence-corrected chi connectivity index (χ2v) is 5.18. The third-order valence-electron chi connectivity index (χ3n) is 3.67. The number of aliphatic hydroxyl groups is 4. The van der Waals surface area contributed by atoms with E-state index in [1.807, 2.05) is 6.07 Å². The first-order valence-corrected chi connectivity index (χ1v) is 6.87. The summed E-state index contributed by atoms with van der Waals surface area (Å²) in [7, 11) is 0. The fourth-order valence-corrected chi connectivity index (χ4v) is 2.41. The first-order chi connectivity index (χ1) is 10.5. The molecule has 1 aliphatic rings. The Morgan fingerprint density at radius 2 is 1.82 bits per heavy atom. The molecule has 1 amide bonds. The minimum absolute atomic E-state index is 0.0210. The van der Waals surface area contributed by atoms with Crippen molar-refractivity contribution in [2.45, 2.75) is 37.1 Å². The zero-order valence-electron chi connectivity index (χ0n) is 11.8. The van der Waals surface area contributed by atoms with E-state index in [2.05, 4.69) is 0 Å². The molecule has 122 valence electrons. The summed E-state index contributed by atoms with van der Waals surface area (Å²) in [4.78, 5) is 12.2. The van der Waals surface area contributed by atoms with Crippen LogP contribution in [0.4, 0.5) is 0 Å². The van der Waals surface area contributed by atoms with Gasteiger partial charge in [0.2, 0.25) is 5.91 Å². The number of hydrazine groups is 1. The Bertz CT molecular complexity index is 499. The van der Waals surface area contributed by atoms with Crippen molar-refractivity contribution in [3.05, 3.63) is 35.9 Å². The number of hydrogen-bond acceptors (Lipinski definition) is 7. The highest BCUT2D eigenvalue weighted by atomic mass is 16.6. The molecule has 0 aliphatic carbocycles. The number of carbonyl (C=O) groups excluding carboxylic acids is 1. The van der Waals surface area contributed by atoms with Gasteiger partial charge in [-0.3, -0.25) is 9.80 Å². The molecule has 1 aliphatic heterocycles. The Morgan fingerprint density at radius 1 is 1.18 bits per heavy atom. The number of rotatable bonds is 4. The average molecular weight is 312 g/mol. The topological polar surface area (TPSA) is 136 Å². The van der Waals surface area contributed by atoms with Crippen LogP contribution >= 0.6 is 0 Å². The van der Waals surface area contributed by atoms with Gasteiger partial charge in [-0.15, -0.1) is 0 Å². The first kappa shape index (κ1) is 16.8. The van der Waals surface area contributed by atoms with Gasteiger partial charge < -0.3 is 25.2 Å². The zero-order valence-corrected chi connectivity index (χ0v) is 11.8. The van der Waals surface area contributed by atoms with Crippen molar-refractivity contribution in [1.29, 1.82) is 0 Å². The molecule has 1 heterocycles. The molecule has 0 spiro atoms. The second kappa shape index (κ2) is 7.14. The number of carbonyl (C=O) groups is 1. The number of aliphatic hydroxyl groups excluding tert-OH is 4. The molecule has 0 bridgehead atoms. The van der Waals surface area contributed by atoms with Gasteiger partial charge in [0.25, 0.3) is 0 Å². The monoisotopic (exact) mass is 312 g/mol. The molecule has 0 radical (unpaired) electrons. The molecule has 2 rings (SSSR count). The van der Waals surface area contributed by atoms with Crippen LogP contribution in [-0.4, -0.2) is 68.6 Å². The van der Waals surface area contributed by atoms with Crippen LogP contribution in [0.3, 0.4) is 0 Å². The van der Waals surface area contributed by atoms with E-state index < -0.39 is 43.2 Å². The number of nitrogens with two attached hydrogens (primary N) is 1. The third kappa shape index (κ3) is 3.43. The minimum Gasteiger partial charge on any atom is -0.394 e. The molecule has 1 aromatic rings. The Balaban J connectivity index is 2.07. The van der Waals surface area contributed by atoms with Crippen molar-refractivity contribution in [1.82, 2.24) is 5.01 Å². The average Bonchev–Trinajstić information content (AvgIpc) is 2.51. The molecule has 6 N–H and O–H groups in total. The first-order valence-electron chi connectivity index (χ1n) is 6.87. The predicted molar refractivity (Wildman–Crippen MR) is 74.9 cm³/mol. The Labute approximate surface area is 127 Å². The van der Waals surface area contributed by atoms with Crippen molar-refractivity contribution in [2.75, 3.05) is 6.61 Å². The Kier molecular flexibility index (Phi) is 5.46. The van der Waals surface area contributed by atoms with Crippen LogP contribution in [0, 0.1) is 0 Å². The lowest BCUT2D eigenvalue weighted by atomic mass is 9.96. The number of amides is 1. The van der Waals surface area contributed by atoms with Crippen LogP contribution in [0.2, 0.25) is 0 Å². The van der Waals surface area contributed by atoms with Crippen LogP contribution in [0.15, 0.2) is 30.3 Å². The van der Waals surface area contributed by atoms with Crippen LogP contribution in [-0.2, 0) is 16.0 Å². The quantitative estimate of drug-likeness (QED) is 0.240. The Morgan fingerprint density at radius 3 is 2.41 bits per heavy atom. The normalized spacial score (nSPS) is 31.8. The van der Waals surface area contributed by atoms with E-state index in [9.17, 15) is 20.1 Å². The van der Waals surface area contributed by atoms with Crippen LogP contribution in [0.1, 0.15) is 5.56 Å². The summed E-state index contributed by atoms with van der Waals surface area (Å²) in [6.45, 7) is -0.579. The zero-order chi connectivity index (χ0) is 16.3. The third-order valence-corrected chi connectivity index (χ3v) is 3.67. The molecule has 8 nitrogen and oxygen atoms in total. The highest BCUT2D eigenvalue weighted by Gasteiger charge is 2.47. The number of benzene rings is 1. The van der Waals surface area contributed by atoms with Crippen molar-refractivity contribution in [3.8, 4) is 0 Å². The van der Waals surface area contributed by atoms with Crippen molar-refractivity contribution < 1.29 is 30.0 Å². The van der Waals surface area contributed by atoms with Crippen molar-refractivity contribution in [2.24, 2.45) is 5.84 Å². The lowest BCUT2D eigenvalue weighted by Gasteiger charge is -2.43. The van der Waals surface area contributed by atoms with Gasteiger partial charge in [0.1, 0.15) is 24.4 Å². The maximum absolute atomic E-state index is 12.2. The largest absolute Gasteiger partial charge is 0.394 e. The highest BCUT2D eigenvalue weighted by Crippen LogP contribution is 2.23. The van der Waals surface area contributed by atoms with Gasteiger partial charge in [-0.1, -0.05) is 30.3 Å². The van der Waals surface area contributed by atoms with Gasteiger partial charge in [-0.2, -0.15) is 0 Å². The predicted octanol–water partition coefficient (Wildman–Crippen LogP) is -2.27. The van der Waals surface area contributed by atoms with Gasteiger partial charge >= 0.3 is 0 Å². The van der Waals surface area contributed by atoms with Gasteiger partial charge in [0.15, 0.2) is 6.29 Å². The van der Waals surface area contributed by atoms with E-state index >= 15 is 0 Å². The minimum atomic E-state index is -1.61. The molecular formula is C14H20N2O6. The van der Waals surface area contributed by atoms with Crippen molar-refractivity contribution >= 4 is 5.91 Å². The maximum atomic E-state index is 12.2. The molecule has 5 atom stereocenters. The maximum Gasteiger partial charge on any atom is 0.241 e. The van der Waals surface area contributed by atoms with Gasteiger partial charge in [0.05, 0.1) is 13.0 Å². The molecule has 1 saturated heterocycles. The van der Waals surface area contributed by atoms with Crippen molar-refractivity contribution in [3.63, 3.8) is 0 Å². The smallest absolute Gasteiger partial charge is 0.241 e. The lowest BCUT2D eigenvalue weighted by Crippen LogP contribution is -2.67. The van der Waals surface area contributed by atoms with E-state index in [1.54, 1.807) is 24.3 Å². The van der Waals surface area contributed by atoms with E-state index in [0.29, 0.717) is 5.01 Å². The summed E-state index contributed by atoms with van der Waals surface area (Å²) in [5, 5.41) is 39.4. The summed E-state index contributed by atoms with van der Waals surface area (Å²) in [5.41, 5.74) is 0.720. The number of nitrogens with zero attached hydrogens (tertiary/aromatic N) is 1. The summed E-state index contributed by atoms with van der Waals surface area (Å²) < 4.78 is 4.97. The number of hydrogen-bond donors (Lipinski definition) is 5. The molecule has 0 saturated carbocycles. The summed E-state index contributed by atoms with van der Waals surface area (Å²) in [6.07, 6.45) is -5.77. The van der Waals surface area contributed by atoms with Crippen LogP contribution in [0.5, 0.6) is 0 Å². The van der Waals surface area contributed by atoms with E-state index in [0.717, 1.165) is 5.56 Å². The molecule has 2 unspecified atom stereocenters. The van der Waals surface area contributed by atoms with Crippen LogP contribution in [0.25, 0.3) is 0 Å².